The van der Waals surface area contributed by atoms with E-state index in [9.17, 15) is 9.59 Å². The van der Waals surface area contributed by atoms with Crippen molar-refractivity contribution in [3.8, 4) is 11.5 Å². The standard InChI is InChI=1S/C21H27N3O5/c1-4-28-18-14-17(24-8-10-27-11-9-24)19(29-5-2)13-16(18)22-21(26)15-6-7-23(3)20(25)12-15/h6-7,12-14H,4-5,8-11H2,1-3H3,(H,22,26). The van der Waals surface area contributed by atoms with Crippen molar-refractivity contribution in [2.24, 2.45) is 7.05 Å². The Hall–Kier alpha value is -3.00. The van der Waals surface area contributed by atoms with E-state index in [1.807, 2.05) is 19.9 Å². The van der Waals surface area contributed by atoms with Crippen LogP contribution in [0.3, 0.4) is 0 Å². The molecular weight excluding hydrogens is 374 g/mol. The molecule has 8 nitrogen and oxygen atoms in total. The number of hydrogen-bond acceptors (Lipinski definition) is 6. The van der Waals surface area contributed by atoms with Crippen molar-refractivity contribution in [2.45, 2.75) is 13.8 Å². The maximum atomic E-state index is 12.7. The molecule has 1 aliphatic rings. The minimum absolute atomic E-state index is 0.250. The van der Waals surface area contributed by atoms with Crippen LogP contribution >= 0.6 is 0 Å². The first-order valence-corrected chi connectivity index (χ1v) is 9.77. The minimum atomic E-state index is -0.384. The largest absolute Gasteiger partial charge is 0.492 e. The number of nitrogens with one attached hydrogen (secondary N) is 1. The summed E-state index contributed by atoms with van der Waals surface area (Å²) in [6.07, 6.45) is 1.56. The summed E-state index contributed by atoms with van der Waals surface area (Å²) in [4.78, 5) is 26.7. The van der Waals surface area contributed by atoms with Gasteiger partial charge < -0.3 is 29.0 Å². The molecule has 0 unspecified atom stereocenters. The van der Waals surface area contributed by atoms with Crippen LogP contribution in [0.5, 0.6) is 11.5 Å². The smallest absolute Gasteiger partial charge is 0.256 e. The SMILES string of the molecule is CCOc1cc(N2CCOCC2)c(OCC)cc1NC(=O)c1ccn(C)c(=O)c1. The molecule has 156 valence electrons. The third-order valence-corrected chi connectivity index (χ3v) is 4.63. The number of morpholine rings is 1. The van der Waals surface area contributed by atoms with Gasteiger partial charge in [-0.15, -0.1) is 0 Å². The number of pyridine rings is 1. The third-order valence-electron chi connectivity index (χ3n) is 4.63. The van der Waals surface area contributed by atoms with E-state index in [0.717, 1.165) is 18.8 Å². The van der Waals surface area contributed by atoms with Gasteiger partial charge in [0, 0.05) is 50.1 Å². The molecule has 0 saturated carbocycles. The number of rotatable bonds is 7. The van der Waals surface area contributed by atoms with Gasteiger partial charge in [0.2, 0.25) is 0 Å². The number of aryl methyl sites for hydroxylation is 1. The topological polar surface area (TPSA) is 82.0 Å². The Balaban J connectivity index is 1.95. The Kier molecular flexibility index (Phi) is 6.77. The highest BCUT2D eigenvalue weighted by molar-refractivity contribution is 6.05. The maximum absolute atomic E-state index is 12.7. The average Bonchev–Trinajstić information content (AvgIpc) is 2.72. The number of hydrogen-bond donors (Lipinski definition) is 1. The first kappa shape index (κ1) is 20.7. The fourth-order valence-electron chi connectivity index (χ4n) is 3.13. The van der Waals surface area contributed by atoms with Gasteiger partial charge in [-0.1, -0.05) is 0 Å². The molecule has 3 rings (SSSR count). The van der Waals surface area contributed by atoms with Crippen molar-refractivity contribution in [2.75, 3.05) is 49.7 Å². The third kappa shape index (κ3) is 4.89. The van der Waals surface area contributed by atoms with Crippen LogP contribution in [0.15, 0.2) is 35.3 Å². The summed E-state index contributed by atoms with van der Waals surface area (Å²) in [5.41, 5.74) is 1.44. The number of carbonyl (C=O) groups excluding carboxylic acids is 1. The number of carbonyl (C=O) groups is 1. The molecule has 2 aromatic rings. The molecule has 1 N–H and O–H groups in total. The molecule has 1 aromatic heterocycles. The van der Waals surface area contributed by atoms with E-state index in [1.165, 1.54) is 10.6 Å². The van der Waals surface area contributed by atoms with Crippen LogP contribution in [0.1, 0.15) is 24.2 Å². The predicted octanol–water partition coefficient (Wildman–Crippen LogP) is 2.27. The second-order valence-electron chi connectivity index (χ2n) is 6.60. The average molecular weight is 401 g/mol. The zero-order valence-electron chi connectivity index (χ0n) is 17.1. The molecule has 0 spiro atoms. The van der Waals surface area contributed by atoms with Crippen LogP contribution < -0.4 is 25.2 Å². The van der Waals surface area contributed by atoms with E-state index in [1.54, 1.807) is 25.4 Å². The van der Waals surface area contributed by atoms with E-state index in [0.29, 0.717) is 43.6 Å². The van der Waals surface area contributed by atoms with E-state index in [4.69, 9.17) is 14.2 Å². The molecular formula is C21H27N3O5. The Bertz CT molecular complexity index is 919. The number of nitrogens with zero attached hydrogens (tertiary/aromatic N) is 2. The summed E-state index contributed by atoms with van der Waals surface area (Å²) in [7, 11) is 1.63. The van der Waals surface area contributed by atoms with E-state index in [-0.39, 0.29) is 17.0 Å². The molecule has 0 atom stereocenters. The molecule has 0 aliphatic carbocycles. The zero-order valence-corrected chi connectivity index (χ0v) is 17.1. The summed E-state index contributed by atoms with van der Waals surface area (Å²) in [5.74, 6) is 0.831. The monoisotopic (exact) mass is 401 g/mol. The van der Waals surface area contributed by atoms with Crippen molar-refractivity contribution in [1.82, 2.24) is 4.57 Å². The van der Waals surface area contributed by atoms with Crippen LogP contribution in [-0.4, -0.2) is 50.0 Å². The normalized spacial score (nSPS) is 13.8. The minimum Gasteiger partial charge on any atom is -0.492 e. The van der Waals surface area contributed by atoms with Crippen molar-refractivity contribution in [1.29, 1.82) is 0 Å². The molecule has 29 heavy (non-hydrogen) atoms. The molecule has 1 saturated heterocycles. The Morgan fingerprint density at radius 2 is 1.79 bits per heavy atom. The zero-order chi connectivity index (χ0) is 20.8. The maximum Gasteiger partial charge on any atom is 0.256 e. The van der Waals surface area contributed by atoms with Gasteiger partial charge in [0.05, 0.1) is 37.8 Å². The molecule has 2 heterocycles. The Morgan fingerprint density at radius 1 is 1.10 bits per heavy atom. The summed E-state index contributed by atoms with van der Waals surface area (Å²) >= 11 is 0. The summed E-state index contributed by atoms with van der Waals surface area (Å²) in [5, 5.41) is 2.85. The lowest BCUT2D eigenvalue weighted by Gasteiger charge is -2.31. The molecule has 1 amide bonds. The van der Waals surface area contributed by atoms with Crippen LogP contribution in [0.2, 0.25) is 0 Å². The van der Waals surface area contributed by atoms with Gasteiger partial charge in [-0.25, -0.2) is 0 Å². The fourth-order valence-corrected chi connectivity index (χ4v) is 3.13. The number of ether oxygens (including phenoxy) is 3. The van der Waals surface area contributed by atoms with Gasteiger partial charge in [0.15, 0.2) is 0 Å². The molecule has 1 aromatic carbocycles. The summed E-state index contributed by atoms with van der Waals surface area (Å²) in [6.45, 7) is 7.55. The lowest BCUT2D eigenvalue weighted by Crippen LogP contribution is -2.36. The summed E-state index contributed by atoms with van der Waals surface area (Å²) < 4.78 is 18.5. The molecule has 0 radical (unpaired) electrons. The highest BCUT2D eigenvalue weighted by atomic mass is 16.5. The molecule has 1 aliphatic heterocycles. The van der Waals surface area contributed by atoms with Crippen LogP contribution in [0.4, 0.5) is 11.4 Å². The molecule has 8 heteroatoms. The lowest BCUT2D eigenvalue weighted by atomic mass is 10.2. The van der Waals surface area contributed by atoms with Crippen molar-refractivity contribution in [3.63, 3.8) is 0 Å². The van der Waals surface area contributed by atoms with E-state index in [2.05, 4.69) is 10.2 Å². The van der Waals surface area contributed by atoms with Gasteiger partial charge >= 0.3 is 0 Å². The second-order valence-corrected chi connectivity index (χ2v) is 6.60. The van der Waals surface area contributed by atoms with Gasteiger partial charge in [-0.2, -0.15) is 0 Å². The highest BCUT2D eigenvalue weighted by Gasteiger charge is 2.21. The van der Waals surface area contributed by atoms with Gasteiger partial charge in [0.25, 0.3) is 11.5 Å². The van der Waals surface area contributed by atoms with Crippen molar-refractivity contribution < 1.29 is 19.0 Å². The van der Waals surface area contributed by atoms with Gasteiger partial charge in [-0.3, -0.25) is 9.59 Å². The summed E-state index contributed by atoms with van der Waals surface area (Å²) in [6, 6.07) is 6.57. The number of anilines is 2. The lowest BCUT2D eigenvalue weighted by molar-refractivity contribution is 0.102. The quantitative estimate of drug-likeness (QED) is 0.767. The number of benzene rings is 1. The van der Waals surface area contributed by atoms with E-state index >= 15 is 0 Å². The first-order valence-electron chi connectivity index (χ1n) is 9.77. The molecule has 1 fully saturated rings. The van der Waals surface area contributed by atoms with Crippen LogP contribution in [-0.2, 0) is 11.8 Å². The first-order chi connectivity index (χ1) is 14.0. The second kappa shape index (κ2) is 9.47. The number of aromatic nitrogens is 1. The predicted molar refractivity (Wildman–Crippen MR) is 111 cm³/mol. The van der Waals surface area contributed by atoms with Gasteiger partial charge in [-0.05, 0) is 19.9 Å². The van der Waals surface area contributed by atoms with Gasteiger partial charge in [0.1, 0.15) is 11.5 Å². The highest BCUT2D eigenvalue weighted by Crippen LogP contribution is 2.39. The number of amides is 1. The van der Waals surface area contributed by atoms with Crippen LogP contribution in [0, 0.1) is 0 Å². The van der Waals surface area contributed by atoms with E-state index < -0.39 is 0 Å². The van der Waals surface area contributed by atoms with Crippen molar-refractivity contribution in [3.05, 3.63) is 46.4 Å². The Labute approximate surface area is 170 Å². The van der Waals surface area contributed by atoms with Crippen molar-refractivity contribution >= 4 is 17.3 Å². The fraction of sp³-hybridized carbons (Fsp3) is 0.429. The Morgan fingerprint density at radius 3 is 2.45 bits per heavy atom. The van der Waals surface area contributed by atoms with Crippen LogP contribution in [0.25, 0.3) is 0 Å². The molecule has 0 bridgehead atoms.